The Morgan fingerprint density at radius 2 is 1.84 bits per heavy atom. The van der Waals surface area contributed by atoms with Gasteiger partial charge in [0.05, 0.1) is 23.8 Å². The van der Waals surface area contributed by atoms with Crippen molar-refractivity contribution < 1.29 is 35.9 Å². The number of benzene rings is 2. The van der Waals surface area contributed by atoms with Crippen molar-refractivity contribution in [2.24, 2.45) is 5.92 Å². The van der Waals surface area contributed by atoms with Gasteiger partial charge in [-0.2, -0.15) is 13.2 Å². The van der Waals surface area contributed by atoms with E-state index >= 15 is 4.39 Å². The van der Waals surface area contributed by atoms with E-state index in [2.05, 4.69) is 10.3 Å². The highest BCUT2D eigenvalue weighted by molar-refractivity contribution is 6.30. The van der Waals surface area contributed by atoms with Crippen molar-refractivity contribution in [3.8, 4) is 11.4 Å². The average Bonchev–Trinajstić information content (AvgIpc) is 2.82. The topological polar surface area (TPSA) is 84.1 Å². The molecule has 2 aromatic carbocycles. The fourth-order valence-corrected chi connectivity index (χ4v) is 4.09. The predicted molar refractivity (Wildman–Crippen MR) is 125 cm³/mol. The molecule has 4 rings (SSSR count). The second-order valence-corrected chi connectivity index (χ2v) is 9.16. The number of aromatic amines is 1. The molecule has 0 radical (unpaired) electrons. The van der Waals surface area contributed by atoms with Crippen LogP contribution in [0.3, 0.4) is 0 Å². The summed E-state index contributed by atoms with van der Waals surface area (Å²) in [6, 6.07) is 8.86. The lowest BCUT2D eigenvalue weighted by Crippen LogP contribution is -2.42. The van der Waals surface area contributed by atoms with E-state index in [0.717, 1.165) is 11.6 Å². The Kier molecular flexibility index (Phi) is 8.12. The van der Waals surface area contributed by atoms with E-state index in [1.165, 1.54) is 0 Å². The third-order valence-corrected chi connectivity index (χ3v) is 6.32. The number of H-pyrrole nitrogens is 1. The van der Waals surface area contributed by atoms with Crippen molar-refractivity contribution in [2.75, 3.05) is 0 Å². The molecule has 13 heteroatoms. The Morgan fingerprint density at radius 1 is 1.16 bits per heavy atom. The number of rotatable bonds is 8. The number of amides is 1. The van der Waals surface area contributed by atoms with Crippen LogP contribution in [0.4, 0.5) is 26.3 Å². The number of nitrogens with zero attached hydrogens (tertiary/aromatic N) is 1. The van der Waals surface area contributed by atoms with Crippen molar-refractivity contribution in [3.05, 3.63) is 86.0 Å². The molecule has 0 saturated heterocycles. The first-order valence-electron chi connectivity index (χ1n) is 11.3. The Morgan fingerprint density at radius 3 is 2.47 bits per heavy atom. The predicted octanol–water partition coefficient (Wildman–Crippen LogP) is 5.80. The summed E-state index contributed by atoms with van der Waals surface area (Å²) in [6.07, 6.45) is -7.69. The molecule has 0 aliphatic heterocycles. The van der Waals surface area contributed by atoms with Crippen molar-refractivity contribution in [1.82, 2.24) is 15.3 Å². The van der Waals surface area contributed by atoms with Gasteiger partial charge in [-0.25, -0.2) is 18.2 Å². The average molecular weight is 560 g/mol. The summed E-state index contributed by atoms with van der Waals surface area (Å²) in [6.45, 7) is -0.139. The minimum Gasteiger partial charge on any atom is -0.373 e. The summed E-state index contributed by atoms with van der Waals surface area (Å²) >= 11 is 5.84. The quantitative estimate of drug-likeness (QED) is 0.342. The monoisotopic (exact) mass is 559 g/mol. The first kappa shape index (κ1) is 27.6. The maximum Gasteiger partial charge on any atom is 0.417 e. The molecular weight excluding hydrogens is 540 g/mol. The molecule has 0 spiro atoms. The number of halogens is 7. The van der Waals surface area contributed by atoms with E-state index in [9.17, 15) is 31.5 Å². The Labute approximate surface area is 217 Å². The molecule has 1 heterocycles. The molecule has 0 unspecified atom stereocenters. The highest BCUT2D eigenvalue weighted by atomic mass is 35.5. The lowest BCUT2D eigenvalue weighted by Gasteiger charge is -2.34. The van der Waals surface area contributed by atoms with Gasteiger partial charge in [0.2, 0.25) is 5.91 Å². The van der Waals surface area contributed by atoms with Crippen LogP contribution in [0.25, 0.3) is 11.4 Å². The molecule has 1 aromatic heterocycles. The minimum atomic E-state index is -5.08. The zero-order valence-corrected chi connectivity index (χ0v) is 20.2. The van der Waals surface area contributed by atoms with Gasteiger partial charge < -0.3 is 15.0 Å². The molecule has 2 N–H and O–H groups in total. The molecule has 202 valence electrons. The Balaban J connectivity index is 1.44. The summed E-state index contributed by atoms with van der Waals surface area (Å²) in [5.41, 5.74) is -4.42. The van der Waals surface area contributed by atoms with E-state index in [0.29, 0.717) is 36.6 Å². The molecule has 6 nitrogen and oxygen atoms in total. The number of carbonyl (C=O) groups is 1. The Bertz CT molecular complexity index is 1370. The number of aromatic nitrogens is 2. The largest absolute Gasteiger partial charge is 0.417 e. The van der Waals surface area contributed by atoms with Gasteiger partial charge in [-0.05, 0) is 36.6 Å². The summed E-state index contributed by atoms with van der Waals surface area (Å²) in [4.78, 5) is 29.4. The van der Waals surface area contributed by atoms with Crippen LogP contribution in [-0.2, 0) is 28.9 Å². The molecule has 3 aromatic rings. The van der Waals surface area contributed by atoms with Gasteiger partial charge in [-0.3, -0.25) is 9.59 Å². The number of carbonyl (C=O) groups excluding carboxylic acids is 1. The number of nitrogens with one attached hydrogen (secondary N) is 2. The number of alkyl halides is 5. The van der Waals surface area contributed by atoms with Gasteiger partial charge in [0.15, 0.2) is 0 Å². The maximum atomic E-state index is 15.3. The van der Waals surface area contributed by atoms with E-state index in [4.69, 9.17) is 16.3 Å². The van der Waals surface area contributed by atoms with Gasteiger partial charge in [-0.1, -0.05) is 29.8 Å². The highest BCUT2D eigenvalue weighted by Crippen LogP contribution is 2.39. The number of hydrogen-bond donors (Lipinski definition) is 2. The highest BCUT2D eigenvalue weighted by Gasteiger charge is 2.38. The minimum absolute atomic E-state index is 0.166. The number of hydrogen-bond acceptors (Lipinski definition) is 4. The van der Waals surface area contributed by atoms with Crippen LogP contribution in [0.2, 0.25) is 5.02 Å². The molecule has 1 aliphatic carbocycles. The first-order chi connectivity index (χ1) is 17.9. The molecule has 38 heavy (non-hydrogen) atoms. The molecule has 0 atom stereocenters. The first-order valence-corrected chi connectivity index (χ1v) is 11.7. The van der Waals surface area contributed by atoms with Crippen LogP contribution in [0.5, 0.6) is 0 Å². The maximum absolute atomic E-state index is 15.3. The van der Waals surface area contributed by atoms with Gasteiger partial charge in [0.25, 0.3) is 12.0 Å². The van der Waals surface area contributed by atoms with E-state index < -0.39 is 65.0 Å². The van der Waals surface area contributed by atoms with Crippen LogP contribution in [0, 0.1) is 11.7 Å². The van der Waals surface area contributed by atoms with Crippen molar-refractivity contribution in [1.29, 1.82) is 0 Å². The summed E-state index contributed by atoms with van der Waals surface area (Å²) in [5.74, 6) is -3.32. The van der Waals surface area contributed by atoms with Crippen molar-refractivity contribution in [2.45, 2.75) is 44.7 Å². The molecular formula is C25H20ClF6N3O3. The van der Waals surface area contributed by atoms with Crippen LogP contribution >= 0.6 is 11.6 Å². The Hall–Kier alpha value is -3.38. The second kappa shape index (κ2) is 11.2. The van der Waals surface area contributed by atoms with Crippen LogP contribution in [-0.4, -0.2) is 22.0 Å². The lowest BCUT2D eigenvalue weighted by molar-refractivity contribution is -0.137. The fourth-order valence-electron chi connectivity index (χ4n) is 3.97. The van der Waals surface area contributed by atoms with Gasteiger partial charge >= 0.3 is 6.18 Å². The third-order valence-electron chi connectivity index (χ3n) is 6.07. The van der Waals surface area contributed by atoms with E-state index in [1.807, 2.05) is 17.1 Å². The van der Waals surface area contributed by atoms with Crippen LogP contribution < -0.4 is 10.9 Å². The van der Waals surface area contributed by atoms with Gasteiger partial charge in [-0.15, -0.1) is 0 Å². The fraction of sp³-hybridized carbons (Fsp3) is 0.320. The molecule has 1 aliphatic rings. The van der Waals surface area contributed by atoms with Crippen LogP contribution in [0.15, 0.2) is 47.3 Å². The molecule has 0 bridgehead atoms. The van der Waals surface area contributed by atoms with E-state index in [1.54, 1.807) is 12.1 Å². The number of ether oxygens (including phenoxy) is 1. The third kappa shape index (κ3) is 6.36. The molecule has 1 amide bonds. The summed E-state index contributed by atoms with van der Waals surface area (Å²) < 4.78 is 87.9. The van der Waals surface area contributed by atoms with Gasteiger partial charge in [0.1, 0.15) is 17.3 Å². The zero-order valence-electron chi connectivity index (χ0n) is 19.4. The normalized spacial score (nSPS) is 17.4. The zero-order chi connectivity index (χ0) is 27.6. The summed E-state index contributed by atoms with van der Waals surface area (Å²) in [5, 5.41) is 3.07. The molecule has 1 fully saturated rings. The van der Waals surface area contributed by atoms with Crippen molar-refractivity contribution >= 4 is 17.5 Å². The van der Waals surface area contributed by atoms with E-state index in [-0.39, 0.29) is 11.7 Å². The second-order valence-electron chi connectivity index (χ2n) is 8.72. The molecule has 1 saturated carbocycles. The summed E-state index contributed by atoms with van der Waals surface area (Å²) in [7, 11) is 0. The smallest absolute Gasteiger partial charge is 0.373 e. The van der Waals surface area contributed by atoms with Crippen LogP contribution in [0.1, 0.15) is 41.7 Å². The van der Waals surface area contributed by atoms with Gasteiger partial charge in [0, 0.05) is 29.1 Å². The SMILES string of the molecule is O=c1cc(C(F)F)nc(-c2c(C(F)(F)F)ccc(CNC(=O)[C@H]3C[C@H](OCc4ccc(Cl)cc4)C3)c2F)[nH]1. The van der Waals surface area contributed by atoms with Crippen molar-refractivity contribution in [3.63, 3.8) is 0 Å². The lowest BCUT2D eigenvalue weighted by atomic mass is 9.81. The standard InChI is InChI=1S/C25H20ClF6N3O3/c26-15-4-1-12(2-5-15)11-38-16-7-14(8-16)24(37)33-10-13-3-6-17(25(30,31)32)20(21(13)27)23-34-18(22(28)29)9-19(36)35-23/h1-6,9,14,16,22H,7-8,10-11H2,(H,33,37)(H,34,35,36)/t14-,16-.